The second-order valence-electron chi connectivity index (χ2n) is 7.51. The van der Waals surface area contributed by atoms with Crippen molar-refractivity contribution in [3.05, 3.63) is 71.3 Å². The summed E-state index contributed by atoms with van der Waals surface area (Å²) in [6.07, 6.45) is 0.878. The van der Waals surface area contributed by atoms with Crippen molar-refractivity contribution in [1.29, 1.82) is 5.26 Å². The fourth-order valence-electron chi connectivity index (χ4n) is 4.90. The maximum absolute atomic E-state index is 13.1. The molecule has 3 atom stereocenters. The van der Waals surface area contributed by atoms with E-state index in [1.165, 1.54) is 0 Å². The van der Waals surface area contributed by atoms with Gasteiger partial charge in [-0.15, -0.1) is 0 Å². The minimum atomic E-state index is -0.736. The van der Waals surface area contributed by atoms with Crippen LogP contribution in [0.1, 0.15) is 40.4 Å². The minimum absolute atomic E-state index is 0.0274. The van der Waals surface area contributed by atoms with E-state index in [0.717, 1.165) is 5.56 Å². The van der Waals surface area contributed by atoms with Crippen LogP contribution in [0.3, 0.4) is 0 Å². The van der Waals surface area contributed by atoms with Crippen LogP contribution in [0.2, 0.25) is 0 Å². The number of amides is 2. The molecule has 0 radical (unpaired) electrons. The summed E-state index contributed by atoms with van der Waals surface area (Å²) >= 11 is 0. The molecule has 3 aliphatic rings. The number of nitriles is 1. The summed E-state index contributed by atoms with van der Waals surface area (Å²) in [4.78, 5) is 29.7. The Kier molecular flexibility index (Phi) is 3.74. The van der Waals surface area contributed by atoms with Crippen LogP contribution in [-0.4, -0.2) is 46.5 Å². The van der Waals surface area contributed by atoms with Gasteiger partial charge in [-0.1, -0.05) is 36.4 Å². The molecular formula is C22H19N3O3. The maximum Gasteiger partial charge on any atom is 0.254 e. The van der Waals surface area contributed by atoms with Crippen LogP contribution < -0.4 is 0 Å². The smallest absolute Gasteiger partial charge is 0.254 e. The van der Waals surface area contributed by atoms with Crippen molar-refractivity contribution >= 4 is 11.8 Å². The Morgan fingerprint density at radius 3 is 2.79 bits per heavy atom. The lowest BCUT2D eigenvalue weighted by Crippen LogP contribution is -2.49. The number of hydrogen-bond acceptors (Lipinski definition) is 4. The molecule has 28 heavy (non-hydrogen) atoms. The molecule has 1 spiro atoms. The van der Waals surface area contributed by atoms with E-state index in [1.807, 2.05) is 35.2 Å². The average Bonchev–Trinajstić information content (AvgIpc) is 3.37. The number of carbonyl (C=O) groups excluding carboxylic acids is 2. The van der Waals surface area contributed by atoms with Crippen molar-refractivity contribution in [2.45, 2.75) is 30.7 Å². The monoisotopic (exact) mass is 373 g/mol. The van der Waals surface area contributed by atoms with Crippen molar-refractivity contribution < 1.29 is 14.3 Å². The molecule has 0 aromatic heterocycles. The van der Waals surface area contributed by atoms with E-state index in [0.29, 0.717) is 30.7 Å². The summed E-state index contributed by atoms with van der Waals surface area (Å²) in [5.41, 5.74) is 1.24. The summed E-state index contributed by atoms with van der Waals surface area (Å²) in [7, 11) is 0. The second kappa shape index (κ2) is 6.18. The molecule has 3 heterocycles. The van der Waals surface area contributed by atoms with Gasteiger partial charge >= 0.3 is 0 Å². The first-order valence-corrected chi connectivity index (χ1v) is 9.46. The van der Waals surface area contributed by atoms with Crippen molar-refractivity contribution in [3.8, 4) is 6.07 Å². The van der Waals surface area contributed by atoms with Crippen molar-refractivity contribution in [2.75, 3.05) is 13.2 Å². The Labute approximate surface area is 162 Å². The van der Waals surface area contributed by atoms with Gasteiger partial charge in [0.15, 0.2) is 5.72 Å². The van der Waals surface area contributed by atoms with Gasteiger partial charge in [-0.05, 0) is 23.8 Å². The molecule has 2 aromatic carbocycles. The highest BCUT2D eigenvalue weighted by atomic mass is 16.5. The predicted molar refractivity (Wildman–Crippen MR) is 99.9 cm³/mol. The van der Waals surface area contributed by atoms with E-state index in [9.17, 15) is 9.59 Å². The Hall–Kier alpha value is -3.17. The van der Waals surface area contributed by atoms with Crippen LogP contribution in [-0.2, 0) is 9.53 Å². The molecule has 6 nitrogen and oxygen atoms in total. The Balaban J connectivity index is 1.46. The van der Waals surface area contributed by atoms with E-state index in [-0.39, 0.29) is 30.3 Å². The summed E-state index contributed by atoms with van der Waals surface area (Å²) < 4.78 is 6.25. The van der Waals surface area contributed by atoms with Gasteiger partial charge in [0, 0.05) is 18.5 Å². The Bertz CT molecular complexity index is 1000. The zero-order chi connectivity index (χ0) is 19.3. The molecule has 3 fully saturated rings. The molecule has 0 saturated carbocycles. The van der Waals surface area contributed by atoms with E-state index < -0.39 is 5.72 Å². The summed E-state index contributed by atoms with van der Waals surface area (Å²) in [6, 6.07) is 18.3. The number of ether oxygens (including phenoxy) is 1. The zero-order valence-corrected chi connectivity index (χ0v) is 15.2. The van der Waals surface area contributed by atoms with Gasteiger partial charge in [-0.25, -0.2) is 0 Å². The average molecular weight is 373 g/mol. The molecule has 140 valence electrons. The third-order valence-electron chi connectivity index (χ3n) is 6.14. The highest BCUT2D eigenvalue weighted by molar-refractivity contribution is 5.96. The first-order chi connectivity index (χ1) is 13.6. The quantitative estimate of drug-likeness (QED) is 0.811. The number of carbonyl (C=O) groups is 2. The van der Waals surface area contributed by atoms with Crippen LogP contribution in [0.15, 0.2) is 54.6 Å². The minimum Gasteiger partial charge on any atom is -0.351 e. The summed E-state index contributed by atoms with van der Waals surface area (Å²) in [5, 5.41) is 9.11. The Morgan fingerprint density at radius 1 is 1.18 bits per heavy atom. The van der Waals surface area contributed by atoms with E-state index in [4.69, 9.17) is 10.00 Å². The molecule has 0 N–H and O–H groups in total. The van der Waals surface area contributed by atoms with Crippen LogP contribution in [0.25, 0.3) is 0 Å². The van der Waals surface area contributed by atoms with Crippen LogP contribution in [0, 0.1) is 11.3 Å². The molecular weight excluding hydrogens is 354 g/mol. The lowest BCUT2D eigenvalue weighted by atomic mass is 10.0. The topological polar surface area (TPSA) is 73.6 Å². The fourth-order valence-corrected chi connectivity index (χ4v) is 4.90. The van der Waals surface area contributed by atoms with Gasteiger partial charge in [-0.3, -0.25) is 9.59 Å². The molecule has 2 amide bonds. The second-order valence-corrected chi connectivity index (χ2v) is 7.51. The molecule has 5 rings (SSSR count). The number of nitrogens with zero attached hydrogens (tertiary/aromatic N) is 3. The van der Waals surface area contributed by atoms with Crippen molar-refractivity contribution in [3.63, 3.8) is 0 Å². The largest absolute Gasteiger partial charge is 0.351 e. The zero-order valence-electron chi connectivity index (χ0n) is 15.2. The summed E-state index contributed by atoms with van der Waals surface area (Å²) in [6.45, 7) is 0.976. The fraction of sp³-hybridized carbons (Fsp3) is 0.318. The van der Waals surface area contributed by atoms with Crippen LogP contribution >= 0.6 is 0 Å². The van der Waals surface area contributed by atoms with Gasteiger partial charge in [0.2, 0.25) is 5.91 Å². The third kappa shape index (κ3) is 2.30. The first kappa shape index (κ1) is 17.0. The van der Waals surface area contributed by atoms with Crippen LogP contribution in [0.4, 0.5) is 0 Å². The molecule has 2 aromatic rings. The van der Waals surface area contributed by atoms with E-state index in [1.54, 1.807) is 29.2 Å². The normalized spacial score (nSPS) is 28.2. The molecule has 0 bridgehead atoms. The number of rotatable bonds is 2. The molecule has 3 saturated heterocycles. The van der Waals surface area contributed by atoms with Crippen molar-refractivity contribution in [1.82, 2.24) is 9.80 Å². The standard InChI is InChI=1S/C22H19N3O3/c23-13-15-5-4-8-17(11-15)21(27)24-10-9-22-19(24)12-20(26)25(22)18(14-28-22)16-6-2-1-3-7-16/h1-8,11,18-19H,9-10,12,14H2/t18-,19+,22-/m0/s1. The molecule has 6 heteroatoms. The third-order valence-corrected chi connectivity index (χ3v) is 6.14. The lowest BCUT2D eigenvalue weighted by Gasteiger charge is -2.33. The lowest BCUT2D eigenvalue weighted by molar-refractivity contribution is -0.138. The molecule has 3 aliphatic heterocycles. The van der Waals surface area contributed by atoms with E-state index in [2.05, 4.69) is 6.07 Å². The number of benzene rings is 2. The highest BCUT2D eigenvalue weighted by Crippen LogP contribution is 2.51. The summed E-state index contributed by atoms with van der Waals surface area (Å²) in [5.74, 6) is -0.125. The van der Waals surface area contributed by atoms with Crippen LogP contribution in [0.5, 0.6) is 0 Å². The van der Waals surface area contributed by atoms with Gasteiger partial charge in [0.05, 0.1) is 36.7 Å². The van der Waals surface area contributed by atoms with Gasteiger partial charge in [0.25, 0.3) is 5.91 Å². The number of likely N-dealkylation sites (tertiary alicyclic amines) is 1. The molecule has 0 aliphatic carbocycles. The maximum atomic E-state index is 13.1. The number of hydrogen-bond donors (Lipinski definition) is 0. The van der Waals surface area contributed by atoms with E-state index >= 15 is 0 Å². The van der Waals surface area contributed by atoms with Crippen molar-refractivity contribution in [2.24, 2.45) is 0 Å². The SMILES string of the molecule is N#Cc1cccc(C(=O)N2CC[C@@]34OC[C@@H](c5ccccc5)N3C(=O)C[C@@H]24)c1. The van der Waals surface area contributed by atoms with Gasteiger partial charge < -0.3 is 14.5 Å². The highest BCUT2D eigenvalue weighted by Gasteiger charge is 2.65. The van der Waals surface area contributed by atoms with Gasteiger partial charge in [0.1, 0.15) is 0 Å². The predicted octanol–water partition coefficient (Wildman–Crippen LogP) is 2.47. The Morgan fingerprint density at radius 2 is 2.00 bits per heavy atom. The van der Waals surface area contributed by atoms with Gasteiger partial charge in [-0.2, -0.15) is 5.26 Å². The first-order valence-electron chi connectivity index (χ1n) is 9.46. The molecule has 0 unspecified atom stereocenters.